The van der Waals surface area contributed by atoms with Gasteiger partial charge in [0, 0.05) is 6.04 Å². The Morgan fingerprint density at radius 2 is 2.05 bits per heavy atom. The van der Waals surface area contributed by atoms with Gasteiger partial charge in [-0.2, -0.15) is 5.10 Å². The molecule has 3 rings (SSSR count). The summed E-state index contributed by atoms with van der Waals surface area (Å²) < 4.78 is 1.74. The molecule has 6 heteroatoms. The molecule has 0 aromatic carbocycles. The fourth-order valence-corrected chi connectivity index (χ4v) is 2.67. The lowest BCUT2D eigenvalue weighted by atomic mass is 10.1. The zero-order valence-electron chi connectivity index (χ0n) is 11.3. The number of hydrogen-bond donors (Lipinski definition) is 2. The van der Waals surface area contributed by atoms with Crippen LogP contribution in [0.4, 0.5) is 0 Å². The first-order chi connectivity index (χ1) is 9.18. The van der Waals surface area contributed by atoms with Crippen LogP contribution < -0.4 is 10.9 Å². The van der Waals surface area contributed by atoms with Crippen LogP contribution in [0, 0.1) is 0 Å². The van der Waals surface area contributed by atoms with E-state index in [2.05, 4.69) is 34.3 Å². The third-order valence-corrected chi connectivity index (χ3v) is 3.80. The normalized spacial score (nSPS) is 17.4. The molecule has 2 N–H and O–H groups in total. The first-order valence-corrected chi connectivity index (χ1v) is 6.84. The number of piperidine rings is 1. The van der Waals surface area contributed by atoms with E-state index in [-0.39, 0.29) is 17.5 Å². The van der Waals surface area contributed by atoms with E-state index in [1.165, 1.54) is 0 Å². The van der Waals surface area contributed by atoms with Crippen molar-refractivity contribution in [2.24, 2.45) is 0 Å². The van der Waals surface area contributed by atoms with Gasteiger partial charge in [-0.1, -0.05) is 13.8 Å². The van der Waals surface area contributed by atoms with Crippen LogP contribution in [-0.4, -0.2) is 32.8 Å². The van der Waals surface area contributed by atoms with Crippen LogP contribution in [0.2, 0.25) is 0 Å². The highest BCUT2D eigenvalue weighted by atomic mass is 16.1. The molecule has 0 unspecified atom stereocenters. The van der Waals surface area contributed by atoms with Crippen LogP contribution in [0.1, 0.15) is 44.3 Å². The van der Waals surface area contributed by atoms with Crippen LogP contribution in [0.3, 0.4) is 0 Å². The highest BCUT2D eigenvalue weighted by Crippen LogP contribution is 2.20. The lowest BCUT2D eigenvalue weighted by Crippen LogP contribution is -2.34. The number of nitrogens with zero attached hydrogens (tertiary/aromatic N) is 3. The third kappa shape index (κ3) is 2.06. The Hall–Kier alpha value is -1.69. The number of aromatic nitrogens is 4. The molecular formula is C13H19N5O. The van der Waals surface area contributed by atoms with Crippen molar-refractivity contribution in [1.29, 1.82) is 0 Å². The van der Waals surface area contributed by atoms with Crippen molar-refractivity contribution < 1.29 is 0 Å². The molecule has 1 aliphatic rings. The second kappa shape index (κ2) is 4.77. The molecule has 3 heterocycles. The van der Waals surface area contributed by atoms with E-state index in [4.69, 9.17) is 0 Å². The first-order valence-electron chi connectivity index (χ1n) is 6.84. The molecule has 1 saturated heterocycles. The molecule has 0 bridgehead atoms. The molecule has 102 valence electrons. The summed E-state index contributed by atoms with van der Waals surface area (Å²) in [4.78, 5) is 16.9. The number of aromatic amines is 1. The van der Waals surface area contributed by atoms with Gasteiger partial charge in [0.2, 0.25) is 0 Å². The van der Waals surface area contributed by atoms with Gasteiger partial charge in [0.05, 0.1) is 12.0 Å². The Morgan fingerprint density at radius 1 is 1.32 bits per heavy atom. The van der Waals surface area contributed by atoms with E-state index in [9.17, 15) is 4.79 Å². The minimum atomic E-state index is -0.0277. The van der Waals surface area contributed by atoms with E-state index < -0.39 is 0 Å². The quantitative estimate of drug-likeness (QED) is 0.851. The molecule has 0 amide bonds. The molecule has 1 fully saturated rings. The van der Waals surface area contributed by atoms with Crippen molar-refractivity contribution in [1.82, 2.24) is 25.1 Å². The monoisotopic (exact) mass is 261 g/mol. The van der Waals surface area contributed by atoms with Crippen molar-refractivity contribution in [3.8, 4) is 0 Å². The van der Waals surface area contributed by atoms with Crippen molar-refractivity contribution in [2.45, 2.75) is 38.6 Å². The average molecular weight is 261 g/mol. The average Bonchev–Trinajstić information content (AvgIpc) is 2.85. The molecule has 2 aromatic rings. The van der Waals surface area contributed by atoms with Gasteiger partial charge in [-0.15, -0.1) is 0 Å². The minimum absolute atomic E-state index is 0.0277. The fourth-order valence-electron chi connectivity index (χ4n) is 2.67. The third-order valence-electron chi connectivity index (χ3n) is 3.80. The zero-order chi connectivity index (χ0) is 13.4. The highest BCUT2D eigenvalue weighted by molar-refractivity contribution is 5.76. The minimum Gasteiger partial charge on any atom is -0.317 e. The lowest BCUT2D eigenvalue weighted by Gasteiger charge is -2.24. The molecule has 0 atom stereocenters. The summed E-state index contributed by atoms with van der Waals surface area (Å²) in [5.41, 5.74) is 2.08. The number of hydrogen-bond acceptors (Lipinski definition) is 4. The van der Waals surface area contributed by atoms with Gasteiger partial charge in [-0.3, -0.25) is 14.5 Å². The Balaban J connectivity index is 2.08. The molecule has 6 nitrogen and oxygen atoms in total. The first kappa shape index (κ1) is 12.3. The summed E-state index contributed by atoms with van der Waals surface area (Å²) in [6.07, 6.45) is 3.62. The molecule has 0 saturated carbocycles. The Kier molecular flexibility index (Phi) is 3.10. The van der Waals surface area contributed by atoms with Crippen LogP contribution in [0.15, 0.2) is 11.1 Å². The van der Waals surface area contributed by atoms with Crippen molar-refractivity contribution >= 4 is 11.0 Å². The van der Waals surface area contributed by atoms with Crippen LogP contribution in [0.5, 0.6) is 0 Å². The number of H-pyrrole nitrogens is 1. The van der Waals surface area contributed by atoms with Crippen LogP contribution in [0.25, 0.3) is 11.0 Å². The van der Waals surface area contributed by atoms with Gasteiger partial charge in [-0.05, 0) is 31.8 Å². The fraction of sp³-hybridized carbons (Fsp3) is 0.615. The number of nitrogens with one attached hydrogen (secondary N) is 2. The maximum absolute atomic E-state index is 12.5. The lowest BCUT2D eigenvalue weighted by molar-refractivity contribution is 0.359. The Bertz CT molecular complexity index is 636. The molecule has 0 aliphatic carbocycles. The standard InChI is InChI=1S/C13H19N5O/c1-8(2)10-11-12(17-16-10)13(19)18(7-15-11)9-3-5-14-6-4-9/h7-9,14H,3-6H2,1-2H3,(H,16,17). The summed E-state index contributed by atoms with van der Waals surface area (Å²) >= 11 is 0. The van der Waals surface area contributed by atoms with E-state index in [1.54, 1.807) is 10.9 Å². The topological polar surface area (TPSA) is 75.6 Å². The summed E-state index contributed by atoms with van der Waals surface area (Å²) in [6.45, 7) is 6.03. The molecule has 1 aliphatic heterocycles. The smallest absolute Gasteiger partial charge is 0.282 e. The van der Waals surface area contributed by atoms with E-state index >= 15 is 0 Å². The number of fused-ring (bicyclic) bond motifs is 1. The van der Waals surface area contributed by atoms with E-state index in [1.807, 2.05) is 0 Å². The summed E-state index contributed by atoms with van der Waals surface area (Å²) in [6, 6.07) is 0.241. The van der Waals surface area contributed by atoms with Crippen molar-refractivity contribution in [2.75, 3.05) is 13.1 Å². The van der Waals surface area contributed by atoms with Crippen LogP contribution >= 0.6 is 0 Å². The van der Waals surface area contributed by atoms with Crippen molar-refractivity contribution in [3.05, 3.63) is 22.4 Å². The predicted molar refractivity (Wildman–Crippen MR) is 73.4 cm³/mol. The van der Waals surface area contributed by atoms with Gasteiger partial charge in [0.15, 0.2) is 5.52 Å². The maximum Gasteiger partial charge on any atom is 0.282 e. The van der Waals surface area contributed by atoms with Gasteiger partial charge >= 0.3 is 0 Å². The molecule has 19 heavy (non-hydrogen) atoms. The molecular weight excluding hydrogens is 242 g/mol. The van der Waals surface area contributed by atoms with Crippen molar-refractivity contribution in [3.63, 3.8) is 0 Å². The second-order valence-electron chi connectivity index (χ2n) is 5.43. The van der Waals surface area contributed by atoms with Gasteiger partial charge < -0.3 is 5.32 Å². The van der Waals surface area contributed by atoms with Gasteiger partial charge in [-0.25, -0.2) is 4.98 Å². The van der Waals surface area contributed by atoms with E-state index in [0.717, 1.165) is 31.6 Å². The molecule has 0 spiro atoms. The maximum atomic E-state index is 12.5. The summed E-state index contributed by atoms with van der Waals surface area (Å²) in [7, 11) is 0. The van der Waals surface area contributed by atoms with Crippen LogP contribution in [-0.2, 0) is 0 Å². The van der Waals surface area contributed by atoms with Gasteiger partial charge in [0.25, 0.3) is 5.56 Å². The second-order valence-corrected chi connectivity index (χ2v) is 5.43. The SMILES string of the molecule is CC(C)c1[nH]nc2c(=O)n(C3CCNCC3)cnc12. The Labute approximate surface area is 111 Å². The molecule has 2 aromatic heterocycles. The van der Waals surface area contributed by atoms with Gasteiger partial charge in [0.1, 0.15) is 5.52 Å². The molecule has 0 radical (unpaired) electrons. The predicted octanol–water partition coefficient (Wildman–Crippen LogP) is 1.17. The largest absolute Gasteiger partial charge is 0.317 e. The Morgan fingerprint density at radius 3 is 2.74 bits per heavy atom. The number of rotatable bonds is 2. The highest BCUT2D eigenvalue weighted by Gasteiger charge is 2.20. The van der Waals surface area contributed by atoms with E-state index in [0.29, 0.717) is 11.0 Å². The summed E-state index contributed by atoms with van der Waals surface area (Å²) in [5.74, 6) is 0.284. The summed E-state index contributed by atoms with van der Waals surface area (Å²) in [5, 5.41) is 10.4. The zero-order valence-corrected chi connectivity index (χ0v) is 11.3.